The number of aromatic nitrogens is 1. The van der Waals surface area contributed by atoms with Crippen molar-refractivity contribution in [3.8, 4) is 28.5 Å². The Morgan fingerprint density at radius 3 is 2.27 bits per heavy atom. The molecule has 0 bridgehead atoms. The van der Waals surface area contributed by atoms with E-state index >= 15 is 0 Å². The Bertz CT molecular complexity index is 1000. The molecule has 0 aliphatic carbocycles. The van der Waals surface area contributed by atoms with Gasteiger partial charge in [-0.2, -0.15) is 18.4 Å². The molecule has 0 amide bonds. The van der Waals surface area contributed by atoms with E-state index in [9.17, 15) is 18.4 Å². The number of nitrogen functional groups attached to an aromatic ring is 1. The van der Waals surface area contributed by atoms with Gasteiger partial charge in [0, 0.05) is 11.1 Å². The second-order valence-corrected chi connectivity index (χ2v) is 5.78. The lowest BCUT2D eigenvalue weighted by Crippen LogP contribution is -2.06. The van der Waals surface area contributed by atoms with Crippen LogP contribution in [0.25, 0.3) is 22.4 Å². The van der Waals surface area contributed by atoms with Crippen LogP contribution in [0.3, 0.4) is 0 Å². The highest BCUT2D eigenvalue weighted by atomic mass is 19.4. The minimum atomic E-state index is -4.47. The summed E-state index contributed by atoms with van der Waals surface area (Å²) in [4.78, 5) is 4.30. The molecule has 1 heterocycles. The molecule has 0 saturated carbocycles. The molecule has 2 aromatic carbocycles. The number of halogens is 3. The van der Waals surface area contributed by atoms with E-state index in [0.29, 0.717) is 16.8 Å². The number of hydrogen-bond acceptors (Lipinski definition) is 3. The minimum absolute atomic E-state index is 0.00985. The summed E-state index contributed by atoms with van der Waals surface area (Å²) in [5.41, 5.74) is 7.78. The van der Waals surface area contributed by atoms with Gasteiger partial charge in [0.2, 0.25) is 0 Å². The van der Waals surface area contributed by atoms with Crippen LogP contribution >= 0.6 is 0 Å². The second-order valence-electron chi connectivity index (χ2n) is 5.78. The first-order valence-electron chi connectivity index (χ1n) is 7.76. The Kier molecular flexibility index (Phi) is 4.39. The third-order valence-electron chi connectivity index (χ3n) is 4.11. The summed E-state index contributed by atoms with van der Waals surface area (Å²) in [5, 5.41) is 9.48. The monoisotopic (exact) mass is 353 g/mol. The van der Waals surface area contributed by atoms with Crippen molar-refractivity contribution in [1.82, 2.24) is 4.98 Å². The molecule has 1 aromatic heterocycles. The number of hydrogen-bond donors (Lipinski definition) is 1. The molecule has 0 saturated heterocycles. The van der Waals surface area contributed by atoms with Crippen LogP contribution in [0.1, 0.15) is 16.7 Å². The highest BCUT2D eigenvalue weighted by molar-refractivity contribution is 5.84. The second kappa shape index (κ2) is 6.52. The fourth-order valence-corrected chi connectivity index (χ4v) is 2.90. The van der Waals surface area contributed by atoms with Gasteiger partial charge in [-0.05, 0) is 30.2 Å². The van der Waals surface area contributed by atoms with E-state index in [0.717, 1.165) is 17.7 Å². The number of nitrogens with two attached hydrogens (primary N) is 1. The van der Waals surface area contributed by atoms with Crippen molar-refractivity contribution in [2.45, 2.75) is 13.1 Å². The molecule has 0 unspecified atom stereocenters. The van der Waals surface area contributed by atoms with Crippen LogP contribution < -0.4 is 5.73 Å². The standard InChI is InChI=1S/C20H14F3N3/c1-12-17(14-8-5-9-15(10-14)20(21,22)23)16(11-24)19(25)26-18(12)13-6-3-2-4-7-13/h2-10H,1H3,(H2,25,26). The summed E-state index contributed by atoms with van der Waals surface area (Å²) in [6, 6.07) is 16.0. The zero-order chi connectivity index (χ0) is 18.9. The molecule has 3 rings (SSSR count). The van der Waals surface area contributed by atoms with Gasteiger partial charge in [0.05, 0.1) is 11.3 Å². The van der Waals surface area contributed by atoms with Crippen LogP contribution in [0.2, 0.25) is 0 Å². The molecule has 0 aliphatic rings. The smallest absolute Gasteiger partial charge is 0.383 e. The largest absolute Gasteiger partial charge is 0.416 e. The van der Waals surface area contributed by atoms with Crippen LogP contribution in [0.15, 0.2) is 54.6 Å². The first-order chi connectivity index (χ1) is 12.3. The van der Waals surface area contributed by atoms with E-state index in [4.69, 9.17) is 5.73 Å². The number of rotatable bonds is 2. The van der Waals surface area contributed by atoms with E-state index < -0.39 is 11.7 Å². The van der Waals surface area contributed by atoms with E-state index in [1.165, 1.54) is 12.1 Å². The quantitative estimate of drug-likeness (QED) is 0.689. The first kappa shape index (κ1) is 17.5. The summed E-state index contributed by atoms with van der Waals surface area (Å²) >= 11 is 0. The highest BCUT2D eigenvalue weighted by Gasteiger charge is 2.31. The van der Waals surface area contributed by atoms with Crippen molar-refractivity contribution in [2.75, 3.05) is 5.73 Å². The average molecular weight is 353 g/mol. The minimum Gasteiger partial charge on any atom is -0.383 e. The van der Waals surface area contributed by atoms with Crippen molar-refractivity contribution < 1.29 is 13.2 Å². The number of benzene rings is 2. The maximum atomic E-state index is 13.1. The van der Waals surface area contributed by atoms with E-state index in [-0.39, 0.29) is 16.9 Å². The van der Waals surface area contributed by atoms with Crippen LogP contribution in [0.5, 0.6) is 0 Å². The molecule has 0 fully saturated rings. The molecule has 3 aromatic rings. The molecule has 0 aliphatic heterocycles. The molecule has 130 valence electrons. The van der Waals surface area contributed by atoms with Gasteiger partial charge in [-0.3, -0.25) is 0 Å². The van der Waals surface area contributed by atoms with Crippen LogP contribution in [-0.4, -0.2) is 4.98 Å². The third-order valence-corrected chi connectivity index (χ3v) is 4.11. The average Bonchev–Trinajstić information content (AvgIpc) is 2.63. The van der Waals surface area contributed by atoms with E-state index in [1.54, 1.807) is 6.92 Å². The maximum Gasteiger partial charge on any atom is 0.416 e. The van der Waals surface area contributed by atoms with Gasteiger partial charge in [-0.15, -0.1) is 0 Å². The number of alkyl halides is 3. The Morgan fingerprint density at radius 1 is 1.00 bits per heavy atom. The zero-order valence-electron chi connectivity index (χ0n) is 13.8. The Labute approximate surface area is 148 Å². The fraction of sp³-hybridized carbons (Fsp3) is 0.100. The molecule has 0 atom stereocenters. The fourth-order valence-electron chi connectivity index (χ4n) is 2.90. The van der Waals surface area contributed by atoms with Crippen molar-refractivity contribution in [3.05, 3.63) is 71.3 Å². The summed E-state index contributed by atoms with van der Waals surface area (Å²) in [5.74, 6) is -0.00985. The van der Waals surface area contributed by atoms with E-state index in [2.05, 4.69) is 4.98 Å². The van der Waals surface area contributed by atoms with Crippen molar-refractivity contribution in [2.24, 2.45) is 0 Å². The molecule has 0 radical (unpaired) electrons. The summed E-state index contributed by atoms with van der Waals surface area (Å²) in [7, 11) is 0. The third kappa shape index (κ3) is 3.11. The molecule has 6 heteroatoms. The van der Waals surface area contributed by atoms with Gasteiger partial charge in [0.15, 0.2) is 0 Å². The lowest BCUT2D eigenvalue weighted by molar-refractivity contribution is -0.137. The molecular formula is C20H14F3N3. The van der Waals surface area contributed by atoms with Crippen molar-refractivity contribution in [3.63, 3.8) is 0 Å². The lowest BCUT2D eigenvalue weighted by atomic mass is 9.92. The van der Waals surface area contributed by atoms with Crippen LogP contribution in [0.4, 0.5) is 19.0 Å². The predicted molar refractivity (Wildman–Crippen MR) is 94.0 cm³/mol. The summed E-state index contributed by atoms with van der Waals surface area (Å²) in [6.07, 6.45) is -4.47. The van der Waals surface area contributed by atoms with Gasteiger partial charge in [0.25, 0.3) is 0 Å². The first-order valence-corrected chi connectivity index (χ1v) is 7.76. The van der Waals surface area contributed by atoms with Gasteiger partial charge >= 0.3 is 6.18 Å². The molecule has 3 nitrogen and oxygen atoms in total. The molecule has 0 spiro atoms. The van der Waals surface area contributed by atoms with Gasteiger partial charge in [-0.25, -0.2) is 4.98 Å². The number of nitriles is 1. The van der Waals surface area contributed by atoms with Crippen molar-refractivity contribution >= 4 is 5.82 Å². The number of anilines is 1. The summed E-state index contributed by atoms with van der Waals surface area (Å²) < 4.78 is 39.3. The lowest BCUT2D eigenvalue weighted by Gasteiger charge is -2.16. The molecular weight excluding hydrogens is 339 g/mol. The SMILES string of the molecule is Cc1c(-c2ccccc2)nc(N)c(C#N)c1-c1cccc(C(F)(F)F)c1. The number of nitrogens with zero attached hydrogens (tertiary/aromatic N) is 2. The van der Waals surface area contributed by atoms with E-state index in [1.807, 2.05) is 36.4 Å². The van der Waals surface area contributed by atoms with Crippen molar-refractivity contribution in [1.29, 1.82) is 5.26 Å². The number of pyridine rings is 1. The van der Waals surface area contributed by atoms with Gasteiger partial charge < -0.3 is 5.73 Å². The molecule has 2 N–H and O–H groups in total. The van der Waals surface area contributed by atoms with Gasteiger partial charge in [-0.1, -0.05) is 42.5 Å². The molecule has 26 heavy (non-hydrogen) atoms. The highest BCUT2D eigenvalue weighted by Crippen LogP contribution is 2.38. The normalized spacial score (nSPS) is 11.2. The predicted octanol–water partition coefficient (Wildman–Crippen LogP) is 5.20. The Hall–Kier alpha value is -3.33. The Balaban J connectivity index is 2.31. The van der Waals surface area contributed by atoms with Gasteiger partial charge in [0.1, 0.15) is 17.5 Å². The maximum absolute atomic E-state index is 13.1. The Morgan fingerprint density at radius 2 is 1.65 bits per heavy atom. The van der Waals surface area contributed by atoms with Crippen LogP contribution in [-0.2, 0) is 6.18 Å². The topological polar surface area (TPSA) is 62.7 Å². The van der Waals surface area contributed by atoms with Crippen LogP contribution in [0, 0.1) is 18.3 Å². The zero-order valence-corrected chi connectivity index (χ0v) is 13.8. The summed E-state index contributed by atoms with van der Waals surface area (Å²) in [6.45, 7) is 1.73.